The van der Waals surface area contributed by atoms with Crippen molar-refractivity contribution in [2.24, 2.45) is 0 Å². The Morgan fingerprint density at radius 1 is 1.43 bits per heavy atom. The minimum absolute atomic E-state index is 0.00244. The van der Waals surface area contributed by atoms with Gasteiger partial charge in [-0.25, -0.2) is 14.2 Å². The Morgan fingerprint density at radius 3 is 2.67 bits per heavy atom. The number of rotatable bonds is 4. The number of nitro groups is 1. The number of hydrogen-bond donors (Lipinski definition) is 1. The van der Waals surface area contributed by atoms with Crippen molar-refractivity contribution in [3.05, 3.63) is 55.5 Å². The molecule has 0 fully saturated rings. The third-order valence-electron chi connectivity index (χ3n) is 2.40. The number of pyridine rings is 1. The normalized spacial score (nSPS) is 10.4. The van der Waals surface area contributed by atoms with Gasteiger partial charge in [-0.1, -0.05) is 11.8 Å². The number of nitro benzene ring substituents is 1. The maximum Gasteiger partial charge on any atom is 0.337 e. The van der Waals surface area contributed by atoms with Gasteiger partial charge in [0.15, 0.2) is 0 Å². The number of carboxylic acid groups (broad SMARTS) is 1. The summed E-state index contributed by atoms with van der Waals surface area (Å²) in [6.45, 7) is 0. The van der Waals surface area contributed by atoms with Crippen LogP contribution in [0.1, 0.15) is 10.4 Å². The molecule has 0 atom stereocenters. The first-order chi connectivity index (χ1) is 9.88. The molecule has 1 N–H and O–H groups in total. The van der Waals surface area contributed by atoms with Crippen LogP contribution >= 0.6 is 34.4 Å². The fraction of sp³-hybridized carbons (Fsp3) is 0. The molecule has 0 aliphatic heterocycles. The van der Waals surface area contributed by atoms with Crippen LogP contribution in [0.25, 0.3) is 0 Å². The fourth-order valence-electron chi connectivity index (χ4n) is 1.42. The summed E-state index contributed by atoms with van der Waals surface area (Å²) < 4.78 is 13.7. The minimum atomic E-state index is -1.12. The van der Waals surface area contributed by atoms with E-state index in [0.717, 1.165) is 30.1 Å². The van der Waals surface area contributed by atoms with Crippen molar-refractivity contribution in [1.82, 2.24) is 4.98 Å². The predicted octanol–water partition coefficient (Wildman–Crippen LogP) is 3.58. The average Bonchev–Trinajstić information content (AvgIpc) is 2.43. The summed E-state index contributed by atoms with van der Waals surface area (Å²) in [6, 6.07) is 4.95. The van der Waals surface area contributed by atoms with Gasteiger partial charge < -0.3 is 5.11 Å². The predicted molar refractivity (Wildman–Crippen MR) is 81.1 cm³/mol. The zero-order chi connectivity index (χ0) is 15.6. The zero-order valence-electron chi connectivity index (χ0n) is 10.1. The Bertz CT molecular complexity index is 724. The standard InChI is InChI=1S/C12H6FIN2O4S/c13-7-3-10(9(16(19)20)4-8(7)14)21-11-2-1-6(5-15-11)12(17)18/h1-5H,(H,17,18). The molecule has 1 heterocycles. The van der Waals surface area contributed by atoms with Crippen molar-refractivity contribution < 1.29 is 19.2 Å². The topological polar surface area (TPSA) is 93.3 Å². The molecule has 0 saturated carbocycles. The monoisotopic (exact) mass is 420 g/mol. The molecule has 1 aromatic heterocycles. The Hall–Kier alpha value is -1.75. The van der Waals surface area contributed by atoms with Crippen molar-refractivity contribution in [2.75, 3.05) is 0 Å². The Labute approximate surface area is 135 Å². The molecular weight excluding hydrogens is 414 g/mol. The quantitative estimate of drug-likeness (QED) is 0.462. The van der Waals surface area contributed by atoms with Crippen LogP contribution in [0.3, 0.4) is 0 Å². The second-order valence-electron chi connectivity index (χ2n) is 3.78. The van der Waals surface area contributed by atoms with Gasteiger partial charge in [0.1, 0.15) is 10.8 Å². The fourth-order valence-corrected chi connectivity index (χ4v) is 2.74. The molecular formula is C12H6FIN2O4S. The van der Waals surface area contributed by atoms with Gasteiger partial charge in [0.2, 0.25) is 0 Å². The molecule has 108 valence electrons. The van der Waals surface area contributed by atoms with E-state index in [9.17, 15) is 19.3 Å². The van der Waals surface area contributed by atoms with Gasteiger partial charge in [0, 0.05) is 12.3 Å². The molecule has 0 aliphatic rings. The van der Waals surface area contributed by atoms with E-state index in [1.54, 1.807) is 22.6 Å². The first-order valence-corrected chi connectivity index (χ1v) is 7.28. The van der Waals surface area contributed by atoms with Gasteiger partial charge in [-0.2, -0.15) is 0 Å². The zero-order valence-corrected chi connectivity index (χ0v) is 13.1. The highest BCUT2D eigenvalue weighted by Gasteiger charge is 2.19. The lowest BCUT2D eigenvalue weighted by atomic mass is 10.3. The van der Waals surface area contributed by atoms with E-state index in [1.165, 1.54) is 12.1 Å². The summed E-state index contributed by atoms with van der Waals surface area (Å²) in [4.78, 5) is 25.1. The number of aromatic nitrogens is 1. The van der Waals surface area contributed by atoms with Crippen molar-refractivity contribution >= 4 is 46.0 Å². The van der Waals surface area contributed by atoms with Crippen molar-refractivity contribution in [1.29, 1.82) is 0 Å². The smallest absolute Gasteiger partial charge is 0.337 e. The van der Waals surface area contributed by atoms with Crippen molar-refractivity contribution in [2.45, 2.75) is 9.92 Å². The minimum Gasteiger partial charge on any atom is -0.478 e. The van der Waals surface area contributed by atoms with Gasteiger partial charge in [-0.05, 0) is 40.8 Å². The Balaban J connectivity index is 2.36. The maximum atomic E-state index is 13.6. The van der Waals surface area contributed by atoms with Gasteiger partial charge in [-0.3, -0.25) is 10.1 Å². The van der Waals surface area contributed by atoms with E-state index in [1.807, 2.05) is 0 Å². The van der Waals surface area contributed by atoms with E-state index < -0.39 is 16.7 Å². The third-order valence-corrected chi connectivity index (χ3v) is 4.22. The number of aromatic carboxylic acids is 1. The van der Waals surface area contributed by atoms with Gasteiger partial charge in [0.05, 0.1) is 19.0 Å². The molecule has 1 aromatic carbocycles. The highest BCUT2D eigenvalue weighted by molar-refractivity contribution is 14.1. The van der Waals surface area contributed by atoms with Gasteiger partial charge in [-0.15, -0.1) is 0 Å². The lowest BCUT2D eigenvalue weighted by molar-refractivity contribution is -0.387. The average molecular weight is 420 g/mol. The van der Waals surface area contributed by atoms with Crippen LogP contribution in [-0.2, 0) is 0 Å². The molecule has 0 bridgehead atoms. The van der Waals surface area contributed by atoms with E-state index in [-0.39, 0.29) is 19.7 Å². The summed E-state index contributed by atoms with van der Waals surface area (Å²) in [7, 11) is 0. The molecule has 9 heteroatoms. The lowest BCUT2D eigenvalue weighted by Gasteiger charge is -2.04. The largest absolute Gasteiger partial charge is 0.478 e. The van der Waals surface area contributed by atoms with E-state index in [0.29, 0.717) is 5.03 Å². The molecule has 0 amide bonds. The summed E-state index contributed by atoms with van der Waals surface area (Å²) in [6.07, 6.45) is 1.14. The summed E-state index contributed by atoms with van der Waals surface area (Å²) in [5.74, 6) is -1.68. The van der Waals surface area contributed by atoms with E-state index in [4.69, 9.17) is 5.11 Å². The third kappa shape index (κ3) is 3.67. The number of carbonyl (C=O) groups is 1. The molecule has 0 radical (unpaired) electrons. The van der Waals surface area contributed by atoms with Crippen LogP contribution in [0.2, 0.25) is 0 Å². The molecule has 0 spiro atoms. The van der Waals surface area contributed by atoms with Gasteiger partial charge in [0.25, 0.3) is 5.69 Å². The van der Waals surface area contributed by atoms with Crippen LogP contribution in [0.4, 0.5) is 10.1 Å². The molecule has 21 heavy (non-hydrogen) atoms. The molecule has 0 unspecified atom stereocenters. The SMILES string of the molecule is O=C(O)c1ccc(Sc2cc(F)c(I)cc2[N+](=O)[O-])nc1. The van der Waals surface area contributed by atoms with E-state index in [2.05, 4.69) is 4.98 Å². The number of halogens is 2. The number of benzene rings is 1. The maximum absolute atomic E-state index is 13.6. The van der Waals surface area contributed by atoms with Crippen molar-refractivity contribution in [3.63, 3.8) is 0 Å². The Kier molecular flexibility index (Phi) is 4.73. The number of hydrogen-bond acceptors (Lipinski definition) is 5. The molecule has 2 aromatic rings. The number of carboxylic acids is 1. The number of nitrogens with zero attached hydrogens (tertiary/aromatic N) is 2. The Morgan fingerprint density at radius 2 is 2.14 bits per heavy atom. The lowest BCUT2D eigenvalue weighted by Crippen LogP contribution is -1.97. The van der Waals surface area contributed by atoms with Crippen LogP contribution in [0.5, 0.6) is 0 Å². The first kappa shape index (κ1) is 15.6. The van der Waals surface area contributed by atoms with Gasteiger partial charge >= 0.3 is 5.97 Å². The first-order valence-electron chi connectivity index (χ1n) is 5.39. The molecule has 2 rings (SSSR count). The highest BCUT2D eigenvalue weighted by atomic mass is 127. The molecule has 6 nitrogen and oxygen atoms in total. The van der Waals surface area contributed by atoms with Crippen LogP contribution in [-0.4, -0.2) is 21.0 Å². The van der Waals surface area contributed by atoms with Crippen LogP contribution in [0.15, 0.2) is 40.4 Å². The molecule has 0 aliphatic carbocycles. The second kappa shape index (κ2) is 6.35. The van der Waals surface area contributed by atoms with Crippen LogP contribution in [0, 0.1) is 19.5 Å². The summed E-state index contributed by atoms with van der Waals surface area (Å²) in [5.41, 5.74) is -0.224. The van der Waals surface area contributed by atoms with Crippen LogP contribution < -0.4 is 0 Å². The van der Waals surface area contributed by atoms with Crippen molar-refractivity contribution in [3.8, 4) is 0 Å². The van der Waals surface area contributed by atoms with E-state index >= 15 is 0 Å². The second-order valence-corrected chi connectivity index (χ2v) is 6.01. The highest BCUT2D eigenvalue weighted by Crippen LogP contribution is 2.35. The molecule has 0 saturated heterocycles. The summed E-state index contributed by atoms with van der Waals surface area (Å²) in [5, 5.41) is 20.1. The summed E-state index contributed by atoms with van der Waals surface area (Å²) >= 11 is 2.57.